The van der Waals surface area contributed by atoms with Crippen LogP contribution in [0.1, 0.15) is 104 Å². The molecule has 0 aliphatic rings. The minimum atomic E-state index is -2.63. The second-order valence-corrected chi connectivity index (χ2v) is 19.0. The Labute approximate surface area is 150 Å². The van der Waals surface area contributed by atoms with Gasteiger partial charge in [0.05, 0.1) is 0 Å². The summed E-state index contributed by atoms with van der Waals surface area (Å²) in [6.07, 6.45) is 16.6. The molecule has 0 aromatic heterocycles. The van der Waals surface area contributed by atoms with Gasteiger partial charge in [0.15, 0.2) is 0 Å². The van der Waals surface area contributed by atoms with Crippen molar-refractivity contribution in [3.05, 3.63) is 0 Å². The number of rotatable bonds is 16. The summed E-state index contributed by atoms with van der Waals surface area (Å²) in [5, 5.41) is 0. The van der Waals surface area contributed by atoms with E-state index in [1.807, 2.05) is 6.92 Å². The van der Waals surface area contributed by atoms with E-state index in [1.54, 1.807) is 0 Å². The molecule has 0 saturated heterocycles. The fourth-order valence-electron chi connectivity index (χ4n) is 3.13. The number of carbonyl (C=O) groups is 1. The van der Waals surface area contributed by atoms with Crippen molar-refractivity contribution >= 4 is 24.8 Å². The van der Waals surface area contributed by atoms with Crippen LogP contribution in [-0.2, 0) is 7.87 Å². The standard InChI is InChI=1S/2C8H17.C3H6O2.CH3.Sn/c2*1-3-5-7-8-6-4-2;1-2-3(4)5;;/h2*1,3-8H2,2H3;2H2,1H3,(H,4,5);1H3;/q;;;;+1/p-1. The van der Waals surface area contributed by atoms with Gasteiger partial charge in [-0.05, 0) is 0 Å². The van der Waals surface area contributed by atoms with Crippen LogP contribution in [-0.4, -0.2) is 24.8 Å². The van der Waals surface area contributed by atoms with Crippen LogP contribution in [0, 0.1) is 0 Å². The molecule has 0 spiro atoms. The number of unbranched alkanes of at least 4 members (excludes halogenated alkanes) is 10. The molecule has 0 rings (SSSR count). The van der Waals surface area contributed by atoms with Crippen molar-refractivity contribution in [2.45, 2.75) is 118 Å². The van der Waals surface area contributed by atoms with Crippen molar-refractivity contribution in [1.82, 2.24) is 0 Å². The molecule has 3 heteroatoms. The zero-order valence-electron chi connectivity index (χ0n) is 16.4. The summed E-state index contributed by atoms with van der Waals surface area (Å²) in [7, 11) is 0. The number of carbonyl (C=O) groups excluding carboxylic acids is 1. The van der Waals surface area contributed by atoms with Crippen molar-refractivity contribution in [1.29, 1.82) is 0 Å². The van der Waals surface area contributed by atoms with Gasteiger partial charge >= 0.3 is 151 Å². The SMILES string of the molecule is CCCCCCC[CH2][Sn]([CH3])([CH2]CCCCCCC)[O]C(=O)CC. The van der Waals surface area contributed by atoms with Gasteiger partial charge in [0.1, 0.15) is 0 Å². The number of hydrogen-bond acceptors (Lipinski definition) is 2. The Morgan fingerprint density at radius 1 is 0.696 bits per heavy atom. The first-order valence-corrected chi connectivity index (χ1v) is 18.3. The van der Waals surface area contributed by atoms with E-state index in [0.717, 1.165) is 0 Å². The summed E-state index contributed by atoms with van der Waals surface area (Å²) in [5.41, 5.74) is 0. The maximum absolute atomic E-state index is 11.8. The molecule has 0 aromatic carbocycles. The predicted molar refractivity (Wildman–Crippen MR) is 104 cm³/mol. The van der Waals surface area contributed by atoms with Gasteiger partial charge in [-0.2, -0.15) is 0 Å². The molecular formula is C20H42O2Sn. The van der Waals surface area contributed by atoms with Crippen molar-refractivity contribution in [3.8, 4) is 0 Å². The van der Waals surface area contributed by atoms with Crippen LogP contribution < -0.4 is 0 Å². The summed E-state index contributed by atoms with van der Waals surface area (Å²) < 4.78 is 8.49. The van der Waals surface area contributed by atoms with Crippen molar-refractivity contribution in [2.24, 2.45) is 0 Å². The molecule has 0 N–H and O–H groups in total. The first-order valence-electron chi connectivity index (χ1n) is 10.3. The molecule has 0 amide bonds. The van der Waals surface area contributed by atoms with E-state index >= 15 is 0 Å². The Morgan fingerprint density at radius 3 is 1.48 bits per heavy atom. The Balaban J connectivity index is 4.06. The molecule has 0 fully saturated rings. The first-order chi connectivity index (χ1) is 11.1. The molecule has 0 bridgehead atoms. The number of hydrogen-bond donors (Lipinski definition) is 0. The Bertz CT molecular complexity index is 263. The van der Waals surface area contributed by atoms with E-state index in [9.17, 15) is 4.79 Å². The van der Waals surface area contributed by atoms with Gasteiger partial charge in [0, 0.05) is 0 Å². The second-order valence-electron chi connectivity index (χ2n) is 7.31. The minimum absolute atomic E-state index is 0.0558. The molecule has 2 nitrogen and oxygen atoms in total. The quantitative estimate of drug-likeness (QED) is 0.190. The third kappa shape index (κ3) is 14.3. The van der Waals surface area contributed by atoms with E-state index in [4.69, 9.17) is 3.07 Å². The molecule has 0 aromatic rings. The van der Waals surface area contributed by atoms with Crippen LogP contribution in [0.4, 0.5) is 0 Å². The normalized spacial score (nSPS) is 11.7. The molecule has 0 heterocycles. The molecule has 0 saturated carbocycles. The molecule has 0 unspecified atom stereocenters. The molecule has 0 radical (unpaired) electrons. The molecular weight excluding hydrogens is 391 g/mol. The average Bonchev–Trinajstić information content (AvgIpc) is 2.54. The summed E-state index contributed by atoms with van der Waals surface area (Å²) in [6, 6.07) is 0. The third-order valence-corrected chi connectivity index (χ3v) is 14.9. The Kier molecular flexibility index (Phi) is 16.0. The van der Waals surface area contributed by atoms with E-state index in [-0.39, 0.29) is 5.97 Å². The zero-order chi connectivity index (χ0) is 17.4. The van der Waals surface area contributed by atoms with Crippen molar-refractivity contribution in [2.75, 3.05) is 0 Å². The van der Waals surface area contributed by atoms with Crippen LogP contribution >= 0.6 is 0 Å². The summed E-state index contributed by atoms with van der Waals surface area (Å²) in [5.74, 6) is 0.0558. The average molecular weight is 433 g/mol. The second kappa shape index (κ2) is 15.8. The van der Waals surface area contributed by atoms with E-state index < -0.39 is 18.8 Å². The summed E-state index contributed by atoms with van der Waals surface area (Å²) in [6.45, 7) is 6.45. The van der Waals surface area contributed by atoms with E-state index in [1.165, 1.54) is 85.9 Å². The van der Waals surface area contributed by atoms with Crippen molar-refractivity contribution < 1.29 is 7.87 Å². The topological polar surface area (TPSA) is 26.3 Å². The van der Waals surface area contributed by atoms with Gasteiger partial charge in [-0.3, -0.25) is 0 Å². The fourth-order valence-corrected chi connectivity index (χ4v) is 12.1. The van der Waals surface area contributed by atoms with E-state index in [2.05, 4.69) is 18.8 Å². The molecule has 0 atom stereocenters. The van der Waals surface area contributed by atoms with E-state index in [0.29, 0.717) is 6.42 Å². The van der Waals surface area contributed by atoms with Gasteiger partial charge in [0.25, 0.3) is 0 Å². The first kappa shape index (κ1) is 23.3. The van der Waals surface area contributed by atoms with Gasteiger partial charge in [-0.15, -0.1) is 0 Å². The summed E-state index contributed by atoms with van der Waals surface area (Å²) in [4.78, 5) is 14.2. The van der Waals surface area contributed by atoms with Gasteiger partial charge in [-0.1, -0.05) is 0 Å². The Hall–Kier alpha value is 0.269. The van der Waals surface area contributed by atoms with Gasteiger partial charge in [0.2, 0.25) is 0 Å². The summed E-state index contributed by atoms with van der Waals surface area (Å²) >= 11 is -2.63. The van der Waals surface area contributed by atoms with Crippen LogP contribution in [0.5, 0.6) is 0 Å². The predicted octanol–water partition coefficient (Wildman–Crippen LogP) is 7.24. The van der Waals surface area contributed by atoms with Crippen LogP contribution in [0.3, 0.4) is 0 Å². The van der Waals surface area contributed by atoms with Gasteiger partial charge in [-0.25, -0.2) is 0 Å². The van der Waals surface area contributed by atoms with Crippen LogP contribution in [0.15, 0.2) is 0 Å². The fraction of sp³-hybridized carbons (Fsp3) is 0.950. The molecule has 0 aliphatic carbocycles. The maximum atomic E-state index is 11.8. The Morgan fingerprint density at radius 2 is 1.09 bits per heavy atom. The van der Waals surface area contributed by atoms with Crippen LogP contribution in [0.25, 0.3) is 0 Å². The molecule has 138 valence electrons. The monoisotopic (exact) mass is 434 g/mol. The molecule has 23 heavy (non-hydrogen) atoms. The van der Waals surface area contributed by atoms with Crippen LogP contribution in [0.2, 0.25) is 13.8 Å². The van der Waals surface area contributed by atoms with Gasteiger partial charge < -0.3 is 0 Å². The molecule has 0 aliphatic heterocycles. The van der Waals surface area contributed by atoms with Crippen molar-refractivity contribution in [3.63, 3.8) is 0 Å². The zero-order valence-corrected chi connectivity index (χ0v) is 19.3. The third-order valence-electron chi connectivity index (χ3n) is 4.77.